The van der Waals surface area contributed by atoms with Crippen molar-refractivity contribution in [3.63, 3.8) is 0 Å². The molecule has 5 nitrogen and oxygen atoms in total. The van der Waals surface area contributed by atoms with E-state index < -0.39 is 12.0 Å². The van der Waals surface area contributed by atoms with E-state index in [1.165, 1.54) is 4.90 Å². The molecule has 2 heterocycles. The monoisotopic (exact) mass is 384 g/mol. The molecular weight excluding hydrogens is 364 g/mol. The standard InChI is InChI=1S/C21H21ClN2O3/c1-13(2)12-17-18-19(27-24(17)16-6-4-3-5-7-16)21(26)23(20(18)25)15-10-8-14(22)9-11-15/h3-11,13,17-19H,12H2,1-2H3/t17-,18-,19+/m1/s1. The summed E-state index contributed by atoms with van der Waals surface area (Å²) in [4.78, 5) is 33.5. The molecule has 140 valence electrons. The highest BCUT2D eigenvalue weighted by Crippen LogP contribution is 2.42. The summed E-state index contributed by atoms with van der Waals surface area (Å²) in [6, 6.07) is 16.2. The largest absolute Gasteiger partial charge is 0.273 e. The Kier molecular flexibility index (Phi) is 4.66. The molecule has 2 saturated heterocycles. The van der Waals surface area contributed by atoms with Gasteiger partial charge in [-0.2, -0.15) is 0 Å². The number of halogens is 1. The maximum Gasteiger partial charge on any atom is 0.266 e. The molecule has 0 unspecified atom stereocenters. The van der Waals surface area contributed by atoms with Gasteiger partial charge in [0.15, 0.2) is 6.10 Å². The Balaban J connectivity index is 1.69. The molecule has 0 radical (unpaired) electrons. The molecule has 2 aliphatic heterocycles. The minimum absolute atomic E-state index is 0.189. The number of carbonyl (C=O) groups is 2. The van der Waals surface area contributed by atoms with E-state index in [9.17, 15) is 9.59 Å². The lowest BCUT2D eigenvalue weighted by Gasteiger charge is -2.29. The van der Waals surface area contributed by atoms with Crippen LogP contribution in [0.25, 0.3) is 0 Å². The fourth-order valence-electron chi connectivity index (χ4n) is 3.89. The van der Waals surface area contributed by atoms with Gasteiger partial charge in [-0.15, -0.1) is 0 Å². The highest BCUT2D eigenvalue weighted by atomic mass is 35.5. The van der Waals surface area contributed by atoms with Gasteiger partial charge in [0.1, 0.15) is 0 Å². The predicted octanol–water partition coefficient (Wildman–Crippen LogP) is 4.06. The average molecular weight is 385 g/mol. The molecule has 4 rings (SSSR count). The molecule has 27 heavy (non-hydrogen) atoms. The van der Waals surface area contributed by atoms with E-state index in [1.54, 1.807) is 29.3 Å². The number of anilines is 2. The maximum atomic E-state index is 13.2. The highest BCUT2D eigenvalue weighted by Gasteiger charge is 2.59. The van der Waals surface area contributed by atoms with Gasteiger partial charge in [-0.1, -0.05) is 43.6 Å². The van der Waals surface area contributed by atoms with Crippen LogP contribution in [0, 0.1) is 11.8 Å². The first-order valence-electron chi connectivity index (χ1n) is 9.12. The summed E-state index contributed by atoms with van der Waals surface area (Å²) < 4.78 is 0. The number of nitrogens with zero attached hydrogens (tertiary/aromatic N) is 2. The van der Waals surface area contributed by atoms with Gasteiger partial charge in [-0.3, -0.25) is 14.4 Å². The van der Waals surface area contributed by atoms with Gasteiger partial charge in [0.2, 0.25) is 5.91 Å². The normalized spacial score (nSPS) is 24.8. The number of imide groups is 1. The van der Waals surface area contributed by atoms with Crippen molar-refractivity contribution < 1.29 is 14.4 Å². The Morgan fingerprint density at radius 3 is 2.26 bits per heavy atom. The van der Waals surface area contributed by atoms with Crippen LogP contribution in [-0.2, 0) is 14.4 Å². The van der Waals surface area contributed by atoms with Gasteiger partial charge in [0, 0.05) is 5.02 Å². The molecule has 3 atom stereocenters. The smallest absolute Gasteiger partial charge is 0.266 e. The number of fused-ring (bicyclic) bond motifs is 1. The van der Waals surface area contributed by atoms with Crippen molar-refractivity contribution in [1.82, 2.24) is 0 Å². The number of rotatable bonds is 4. The topological polar surface area (TPSA) is 49.9 Å². The van der Waals surface area contributed by atoms with E-state index in [4.69, 9.17) is 16.4 Å². The van der Waals surface area contributed by atoms with Crippen LogP contribution in [0.4, 0.5) is 11.4 Å². The van der Waals surface area contributed by atoms with E-state index in [0.29, 0.717) is 16.6 Å². The lowest BCUT2D eigenvalue weighted by atomic mass is 9.90. The molecule has 0 aromatic heterocycles. The van der Waals surface area contributed by atoms with Crippen molar-refractivity contribution >= 4 is 34.8 Å². The summed E-state index contributed by atoms with van der Waals surface area (Å²) in [6.07, 6.45) is -0.0408. The van der Waals surface area contributed by atoms with Gasteiger partial charge in [-0.05, 0) is 48.7 Å². The lowest BCUT2D eigenvalue weighted by molar-refractivity contribution is -0.126. The number of hydrogen-bond acceptors (Lipinski definition) is 4. The molecule has 0 saturated carbocycles. The lowest BCUT2D eigenvalue weighted by Crippen LogP contribution is -2.41. The van der Waals surface area contributed by atoms with Crippen LogP contribution >= 0.6 is 11.6 Å². The van der Waals surface area contributed by atoms with Crippen molar-refractivity contribution in [2.24, 2.45) is 11.8 Å². The molecule has 0 aliphatic carbocycles. The van der Waals surface area contributed by atoms with E-state index in [2.05, 4.69) is 13.8 Å². The van der Waals surface area contributed by atoms with E-state index in [0.717, 1.165) is 12.1 Å². The van der Waals surface area contributed by atoms with Gasteiger partial charge >= 0.3 is 0 Å². The highest BCUT2D eigenvalue weighted by molar-refractivity contribution is 6.31. The SMILES string of the molecule is CC(C)C[C@@H]1[C@H]2C(=O)N(c3ccc(Cl)cc3)C(=O)[C@H]2ON1c1ccccc1. The van der Waals surface area contributed by atoms with Gasteiger partial charge in [0.05, 0.1) is 23.3 Å². The second-order valence-corrected chi connectivity index (χ2v) is 7.83. The summed E-state index contributed by atoms with van der Waals surface area (Å²) in [5, 5.41) is 2.31. The van der Waals surface area contributed by atoms with Crippen molar-refractivity contribution in [3.05, 3.63) is 59.6 Å². The van der Waals surface area contributed by atoms with Crippen LogP contribution in [0.1, 0.15) is 20.3 Å². The third kappa shape index (κ3) is 3.11. The number of para-hydroxylation sites is 1. The van der Waals surface area contributed by atoms with Crippen LogP contribution in [0.15, 0.2) is 54.6 Å². The number of hydroxylamine groups is 1. The van der Waals surface area contributed by atoms with Crippen molar-refractivity contribution in [2.45, 2.75) is 32.4 Å². The van der Waals surface area contributed by atoms with Gasteiger partial charge in [-0.25, -0.2) is 9.96 Å². The molecule has 0 N–H and O–H groups in total. The van der Waals surface area contributed by atoms with Crippen LogP contribution in [0.5, 0.6) is 0 Å². The molecule has 2 aromatic carbocycles. The zero-order valence-electron chi connectivity index (χ0n) is 15.2. The van der Waals surface area contributed by atoms with Crippen LogP contribution < -0.4 is 9.96 Å². The molecule has 0 spiro atoms. The molecule has 2 amide bonds. The fraction of sp³-hybridized carbons (Fsp3) is 0.333. The first kappa shape index (κ1) is 18.0. The summed E-state index contributed by atoms with van der Waals surface area (Å²) in [6.45, 7) is 4.21. The molecule has 2 fully saturated rings. The van der Waals surface area contributed by atoms with Crippen LogP contribution in [-0.4, -0.2) is 24.0 Å². The van der Waals surface area contributed by atoms with Crippen molar-refractivity contribution in [3.8, 4) is 0 Å². The molecule has 2 aliphatic rings. The Bertz CT molecular complexity index is 853. The number of amides is 2. The molecular formula is C21H21ClN2O3. The Morgan fingerprint density at radius 2 is 1.63 bits per heavy atom. The fourth-order valence-corrected chi connectivity index (χ4v) is 4.01. The zero-order chi connectivity index (χ0) is 19.1. The van der Waals surface area contributed by atoms with Gasteiger partial charge in [0.25, 0.3) is 5.91 Å². The van der Waals surface area contributed by atoms with E-state index in [1.807, 2.05) is 30.3 Å². The first-order valence-corrected chi connectivity index (χ1v) is 9.49. The minimum Gasteiger partial charge on any atom is -0.273 e. The summed E-state index contributed by atoms with van der Waals surface area (Å²) in [5.74, 6) is -0.692. The second-order valence-electron chi connectivity index (χ2n) is 7.40. The van der Waals surface area contributed by atoms with Crippen molar-refractivity contribution in [2.75, 3.05) is 9.96 Å². The minimum atomic E-state index is -0.794. The van der Waals surface area contributed by atoms with Crippen molar-refractivity contribution in [1.29, 1.82) is 0 Å². The first-order chi connectivity index (χ1) is 13.0. The number of benzene rings is 2. The number of carbonyl (C=O) groups excluding carboxylic acids is 2. The molecule has 0 bridgehead atoms. The second kappa shape index (κ2) is 6.98. The summed E-state index contributed by atoms with van der Waals surface area (Å²) in [5.41, 5.74) is 1.39. The third-order valence-electron chi connectivity index (χ3n) is 5.05. The number of hydrogen-bond donors (Lipinski definition) is 0. The van der Waals surface area contributed by atoms with Crippen LogP contribution in [0.2, 0.25) is 5.02 Å². The summed E-state index contributed by atoms with van der Waals surface area (Å²) in [7, 11) is 0. The van der Waals surface area contributed by atoms with Crippen LogP contribution in [0.3, 0.4) is 0 Å². The average Bonchev–Trinajstić information content (AvgIpc) is 3.13. The Morgan fingerprint density at radius 1 is 0.963 bits per heavy atom. The van der Waals surface area contributed by atoms with E-state index in [-0.39, 0.29) is 17.9 Å². The summed E-state index contributed by atoms with van der Waals surface area (Å²) >= 11 is 5.93. The quantitative estimate of drug-likeness (QED) is 0.746. The van der Waals surface area contributed by atoms with E-state index >= 15 is 0 Å². The third-order valence-corrected chi connectivity index (χ3v) is 5.30. The van der Waals surface area contributed by atoms with Gasteiger partial charge < -0.3 is 0 Å². The zero-order valence-corrected chi connectivity index (χ0v) is 16.0. The Labute approximate surface area is 163 Å². The molecule has 2 aromatic rings. The molecule has 6 heteroatoms. The Hall–Kier alpha value is -2.37. The predicted molar refractivity (Wildman–Crippen MR) is 104 cm³/mol. The maximum absolute atomic E-state index is 13.2.